The molecule has 5 heteroatoms. The minimum absolute atomic E-state index is 0.221. The molecule has 0 fully saturated rings. The molecule has 23 heavy (non-hydrogen) atoms. The Balaban J connectivity index is 2.00. The molecule has 0 atom stereocenters. The molecule has 0 radical (unpaired) electrons. The fraction of sp³-hybridized carbons (Fsp3) is 0.333. The Morgan fingerprint density at radius 2 is 1.52 bits per heavy atom. The molecule has 0 heterocycles. The van der Waals surface area contributed by atoms with Gasteiger partial charge in [-0.25, -0.2) is 4.39 Å². The van der Waals surface area contributed by atoms with E-state index in [9.17, 15) is 14.6 Å². The van der Waals surface area contributed by atoms with Gasteiger partial charge in [-0.15, -0.1) is 0 Å². The maximum Gasteiger partial charge on any atom is 0.130 e. The highest BCUT2D eigenvalue weighted by atomic mass is 19.1. The molecule has 2 rings (SSSR count). The predicted octanol–water partition coefficient (Wildman–Crippen LogP) is 2.88. The number of hydrogen-bond donors (Lipinski definition) is 2. The summed E-state index contributed by atoms with van der Waals surface area (Å²) in [7, 11) is 0. The first-order chi connectivity index (χ1) is 11.0. The van der Waals surface area contributed by atoms with Crippen LogP contribution >= 0.6 is 0 Å². The number of aryl methyl sites for hydroxylation is 2. The van der Waals surface area contributed by atoms with Gasteiger partial charge in [-0.1, -0.05) is 12.1 Å². The number of aliphatic hydroxyl groups is 2. The van der Waals surface area contributed by atoms with Gasteiger partial charge in [-0.2, -0.15) is 0 Å². The fourth-order valence-electron chi connectivity index (χ4n) is 2.29. The minimum atomic E-state index is -0.517. The Labute approximate surface area is 135 Å². The number of aliphatic hydroxyl groups excluding tert-OH is 2. The van der Waals surface area contributed by atoms with E-state index in [1.807, 2.05) is 32.0 Å². The lowest BCUT2D eigenvalue weighted by atomic mass is 10.1. The summed E-state index contributed by atoms with van der Waals surface area (Å²) in [5, 5.41) is 18.6. The number of halogens is 1. The molecule has 124 valence electrons. The topological polar surface area (TPSA) is 58.9 Å². The van der Waals surface area contributed by atoms with Crippen LogP contribution in [0.1, 0.15) is 22.3 Å². The molecule has 2 aromatic carbocycles. The van der Waals surface area contributed by atoms with Gasteiger partial charge in [-0.3, -0.25) is 0 Å². The highest BCUT2D eigenvalue weighted by molar-refractivity contribution is 5.41. The maximum absolute atomic E-state index is 13.4. The minimum Gasteiger partial charge on any atom is -0.490 e. The van der Waals surface area contributed by atoms with E-state index < -0.39 is 5.82 Å². The summed E-state index contributed by atoms with van der Waals surface area (Å²) in [5.41, 5.74) is 2.75. The molecule has 0 aliphatic heterocycles. The van der Waals surface area contributed by atoms with Crippen LogP contribution in [-0.2, 0) is 13.2 Å². The number of hydrogen-bond acceptors (Lipinski definition) is 4. The third-order valence-corrected chi connectivity index (χ3v) is 3.48. The van der Waals surface area contributed by atoms with Crippen molar-refractivity contribution < 1.29 is 24.1 Å². The van der Waals surface area contributed by atoms with E-state index in [1.54, 1.807) is 0 Å². The van der Waals surface area contributed by atoms with Gasteiger partial charge in [0, 0.05) is 11.1 Å². The summed E-state index contributed by atoms with van der Waals surface area (Å²) in [6.45, 7) is 3.75. The van der Waals surface area contributed by atoms with Gasteiger partial charge in [-0.05, 0) is 43.2 Å². The van der Waals surface area contributed by atoms with E-state index in [0.29, 0.717) is 23.5 Å². The fourth-order valence-corrected chi connectivity index (χ4v) is 2.29. The molecule has 0 aliphatic carbocycles. The van der Waals surface area contributed by atoms with Crippen molar-refractivity contribution >= 4 is 0 Å². The van der Waals surface area contributed by atoms with Gasteiger partial charge in [0.15, 0.2) is 0 Å². The Bertz CT molecular complexity index is 645. The van der Waals surface area contributed by atoms with Crippen LogP contribution in [0.2, 0.25) is 0 Å². The summed E-state index contributed by atoms with van der Waals surface area (Å²) < 4.78 is 24.6. The Hall–Kier alpha value is -2.11. The lowest BCUT2D eigenvalue weighted by molar-refractivity contribution is 0.201. The van der Waals surface area contributed by atoms with Gasteiger partial charge in [0.2, 0.25) is 0 Å². The van der Waals surface area contributed by atoms with Crippen LogP contribution in [0.4, 0.5) is 4.39 Å². The summed E-state index contributed by atoms with van der Waals surface area (Å²) in [6, 6.07) is 8.34. The summed E-state index contributed by atoms with van der Waals surface area (Å²) in [5.74, 6) is 0.579. The molecule has 0 aromatic heterocycles. The van der Waals surface area contributed by atoms with Crippen LogP contribution in [0.3, 0.4) is 0 Å². The predicted molar refractivity (Wildman–Crippen MR) is 85.2 cm³/mol. The van der Waals surface area contributed by atoms with Gasteiger partial charge < -0.3 is 19.7 Å². The van der Waals surface area contributed by atoms with Crippen molar-refractivity contribution in [1.82, 2.24) is 0 Å². The molecular weight excluding hydrogens is 299 g/mol. The van der Waals surface area contributed by atoms with Gasteiger partial charge in [0.1, 0.15) is 30.5 Å². The molecule has 0 saturated heterocycles. The van der Waals surface area contributed by atoms with E-state index in [4.69, 9.17) is 9.47 Å². The molecule has 4 nitrogen and oxygen atoms in total. The van der Waals surface area contributed by atoms with E-state index >= 15 is 0 Å². The van der Waals surface area contributed by atoms with Crippen LogP contribution in [0.5, 0.6) is 11.5 Å². The van der Waals surface area contributed by atoms with Crippen LogP contribution < -0.4 is 9.47 Å². The second kappa shape index (κ2) is 7.94. The molecule has 0 saturated carbocycles. The van der Waals surface area contributed by atoms with Crippen molar-refractivity contribution in [3.05, 3.63) is 58.4 Å². The standard InChI is InChI=1S/C18H21FO4/c1-12-3-4-13(2)17(7-12)22-5-6-23-18-14(10-20)8-16(19)9-15(18)11-21/h3-4,7-9,20-21H,5-6,10-11H2,1-2H3. The third kappa shape index (κ3) is 4.43. The quantitative estimate of drug-likeness (QED) is 0.770. The second-order valence-electron chi connectivity index (χ2n) is 5.34. The van der Waals surface area contributed by atoms with E-state index in [-0.39, 0.29) is 19.8 Å². The highest BCUT2D eigenvalue weighted by Gasteiger charge is 2.12. The molecule has 2 aromatic rings. The highest BCUT2D eigenvalue weighted by Crippen LogP contribution is 2.26. The van der Waals surface area contributed by atoms with E-state index in [2.05, 4.69) is 0 Å². The largest absolute Gasteiger partial charge is 0.490 e. The van der Waals surface area contributed by atoms with Gasteiger partial charge >= 0.3 is 0 Å². The first-order valence-electron chi connectivity index (χ1n) is 7.41. The smallest absolute Gasteiger partial charge is 0.130 e. The molecule has 0 bridgehead atoms. The van der Waals surface area contributed by atoms with Crippen molar-refractivity contribution in [2.45, 2.75) is 27.1 Å². The van der Waals surface area contributed by atoms with E-state index in [1.165, 1.54) is 12.1 Å². The zero-order chi connectivity index (χ0) is 16.8. The number of ether oxygens (including phenoxy) is 2. The SMILES string of the molecule is Cc1ccc(C)c(OCCOc2c(CO)cc(F)cc2CO)c1. The zero-order valence-electron chi connectivity index (χ0n) is 13.3. The molecule has 0 unspecified atom stereocenters. The first-order valence-corrected chi connectivity index (χ1v) is 7.41. The van der Waals surface area contributed by atoms with Gasteiger partial charge in [0.05, 0.1) is 13.2 Å². The van der Waals surface area contributed by atoms with Crippen LogP contribution in [-0.4, -0.2) is 23.4 Å². The molecule has 0 aliphatic rings. The van der Waals surface area contributed by atoms with Crippen molar-refractivity contribution in [2.24, 2.45) is 0 Å². The van der Waals surface area contributed by atoms with Gasteiger partial charge in [0.25, 0.3) is 0 Å². The van der Waals surface area contributed by atoms with Crippen LogP contribution in [0.25, 0.3) is 0 Å². The maximum atomic E-state index is 13.4. The number of benzene rings is 2. The number of rotatable bonds is 7. The normalized spacial score (nSPS) is 10.7. The molecule has 0 spiro atoms. The molecular formula is C18H21FO4. The summed E-state index contributed by atoms with van der Waals surface area (Å²) in [6.07, 6.45) is 0. The first kappa shape index (κ1) is 17.2. The molecule has 2 N–H and O–H groups in total. The van der Waals surface area contributed by atoms with Crippen molar-refractivity contribution in [1.29, 1.82) is 0 Å². The molecule has 0 amide bonds. The third-order valence-electron chi connectivity index (χ3n) is 3.48. The Kier molecular flexibility index (Phi) is 5.96. The average Bonchev–Trinajstić information content (AvgIpc) is 2.54. The second-order valence-corrected chi connectivity index (χ2v) is 5.34. The van der Waals surface area contributed by atoms with Crippen molar-refractivity contribution in [3.63, 3.8) is 0 Å². The van der Waals surface area contributed by atoms with Crippen molar-refractivity contribution in [3.8, 4) is 11.5 Å². The Morgan fingerprint density at radius 1 is 0.913 bits per heavy atom. The lowest BCUT2D eigenvalue weighted by Gasteiger charge is -2.15. The monoisotopic (exact) mass is 320 g/mol. The van der Waals surface area contributed by atoms with E-state index in [0.717, 1.165) is 16.9 Å². The lowest BCUT2D eigenvalue weighted by Crippen LogP contribution is -2.12. The zero-order valence-corrected chi connectivity index (χ0v) is 13.3. The van der Waals surface area contributed by atoms with Crippen molar-refractivity contribution in [2.75, 3.05) is 13.2 Å². The van der Waals surface area contributed by atoms with Crippen LogP contribution in [0.15, 0.2) is 30.3 Å². The summed E-state index contributed by atoms with van der Waals surface area (Å²) >= 11 is 0. The average molecular weight is 320 g/mol. The van der Waals surface area contributed by atoms with Crippen LogP contribution in [0, 0.1) is 19.7 Å². The Morgan fingerprint density at radius 3 is 2.13 bits per heavy atom. The summed E-state index contributed by atoms with van der Waals surface area (Å²) in [4.78, 5) is 0.